The number of pyridine rings is 1. The minimum absolute atomic E-state index is 0.306. The number of hydrogen-bond acceptors (Lipinski definition) is 4. The van der Waals surface area contributed by atoms with Gasteiger partial charge in [0, 0.05) is 36.5 Å². The van der Waals surface area contributed by atoms with Crippen LogP contribution in [0.15, 0.2) is 6.20 Å². The molecule has 1 aromatic rings. The van der Waals surface area contributed by atoms with Gasteiger partial charge < -0.3 is 14.6 Å². The third-order valence-electron chi connectivity index (χ3n) is 3.32. The van der Waals surface area contributed by atoms with Crippen LogP contribution in [0.5, 0.6) is 5.75 Å². The zero-order valence-electron chi connectivity index (χ0n) is 11.9. The molecule has 0 saturated carbocycles. The lowest BCUT2D eigenvalue weighted by Gasteiger charge is -2.26. The fourth-order valence-corrected chi connectivity index (χ4v) is 2.11. The van der Waals surface area contributed by atoms with Crippen LogP contribution >= 0.6 is 0 Å². The largest absolute Gasteiger partial charge is 0.496 e. The Morgan fingerprint density at radius 3 is 2.50 bits per heavy atom. The number of hydrogen-bond donors (Lipinski definition) is 1. The van der Waals surface area contributed by atoms with Gasteiger partial charge >= 0.3 is 0 Å². The minimum atomic E-state index is -0.868. The van der Waals surface area contributed by atoms with Crippen molar-refractivity contribution in [3.05, 3.63) is 23.0 Å². The minimum Gasteiger partial charge on any atom is -0.496 e. The van der Waals surface area contributed by atoms with Crippen LogP contribution in [0.4, 0.5) is 0 Å². The second-order valence-electron chi connectivity index (χ2n) is 4.73. The van der Waals surface area contributed by atoms with Crippen molar-refractivity contribution in [1.29, 1.82) is 0 Å². The summed E-state index contributed by atoms with van der Waals surface area (Å²) in [7, 11) is 3.25. The van der Waals surface area contributed by atoms with Crippen molar-refractivity contribution in [2.24, 2.45) is 0 Å². The van der Waals surface area contributed by atoms with Crippen LogP contribution in [0.1, 0.15) is 30.2 Å². The van der Waals surface area contributed by atoms with Crippen molar-refractivity contribution < 1.29 is 14.6 Å². The van der Waals surface area contributed by atoms with E-state index >= 15 is 0 Å². The number of aromatic nitrogens is 1. The molecule has 1 heterocycles. The number of aliphatic hydroxyl groups is 1. The lowest BCUT2D eigenvalue weighted by Crippen LogP contribution is -2.36. The third kappa shape index (κ3) is 3.21. The van der Waals surface area contributed by atoms with Gasteiger partial charge in [0.25, 0.3) is 0 Å². The standard InChI is InChI=1S/C14H23NO3/c1-6-14(16,9-17-4)7-12-11(3)13(18-5)10(2)8-15-12/h8,16H,6-7,9H2,1-5H3. The van der Waals surface area contributed by atoms with Crippen molar-refractivity contribution >= 4 is 0 Å². The average molecular weight is 253 g/mol. The molecule has 1 atom stereocenters. The van der Waals surface area contributed by atoms with Gasteiger partial charge in [-0.2, -0.15) is 0 Å². The Balaban J connectivity index is 3.04. The Hall–Kier alpha value is -1.13. The van der Waals surface area contributed by atoms with Crippen LogP contribution in [0.25, 0.3) is 0 Å². The van der Waals surface area contributed by atoms with Crippen LogP contribution in [-0.4, -0.2) is 36.5 Å². The molecule has 0 bridgehead atoms. The first-order chi connectivity index (χ1) is 8.47. The fourth-order valence-electron chi connectivity index (χ4n) is 2.11. The Morgan fingerprint density at radius 1 is 1.33 bits per heavy atom. The highest BCUT2D eigenvalue weighted by Crippen LogP contribution is 2.27. The first-order valence-electron chi connectivity index (χ1n) is 6.17. The smallest absolute Gasteiger partial charge is 0.128 e. The molecule has 0 saturated heterocycles. The van der Waals surface area contributed by atoms with E-state index in [0.29, 0.717) is 19.4 Å². The molecule has 0 amide bonds. The molecule has 0 aliphatic heterocycles. The monoisotopic (exact) mass is 253 g/mol. The summed E-state index contributed by atoms with van der Waals surface area (Å²) in [4.78, 5) is 4.41. The van der Waals surface area contributed by atoms with E-state index < -0.39 is 5.60 Å². The van der Waals surface area contributed by atoms with E-state index in [-0.39, 0.29) is 0 Å². The Labute approximate surface area is 109 Å². The van der Waals surface area contributed by atoms with Gasteiger partial charge in [0.15, 0.2) is 0 Å². The maximum absolute atomic E-state index is 10.4. The first kappa shape index (κ1) is 14.9. The van der Waals surface area contributed by atoms with Crippen LogP contribution in [0.3, 0.4) is 0 Å². The summed E-state index contributed by atoms with van der Waals surface area (Å²) in [5.74, 6) is 0.843. The molecule has 1 rings (SSSR count). The molecule has 1 aromatic heterocycles. The molecular weight excluding hydrogens is 230 g/mol. The quantitative estimate of drug-likeness (QED) is 0.843. The third-order valence-corrected chi connectivity index (χ3v) is 3.32. The number of nitrogens with zero attached hydrogens (tertiary/aromatic N) is 1. The predicted molar refractivity (Wildman–Crippen MR) is 71.1 cm³/mol. The molecule has 0 fully saturated rings. The highest BCUT2D eigenvalue weighted by Gasteiger charge is 2.27. The Bertz CT molecular complexity index is 406. The van der Waals surface area contributed by atoms with Crippen LogP contribution in [0, 0.1) is 13.8 Å². The van der Waals surface area contributed by atoms with Gasteiger partial charge in [0.2, 0.25) is 0 Å². The van der Waals surface area contributed by atoms with Crippen molar-refractivity contribution in [2.45, 2.75) is 39.2 Å². The summed E-state index contributed by atoms with van der Waals surface area (Å²) >= 11 is 0. The van der Waals surface area contributed by atoms with E-state index in [1.54, 1.807) is 20.4 Å². The van der Waals surface area contributed by atoms with E-state index in [9.17, 15) is 5.11 Å². The maximum atomic E-state index is 10.4. The lowest BCUT2D eigenvalue weighted by atomic mass is 9.93. The molecular formula is C14H23NO3. The summed E-state index contributed by atoms with van der Waals surface area (Å²) in [6.45, 7) is 6.18. The van der Waals surface area contributed by atoms with Crippen LogP contribution in [-0.2, 0) is 11.2 Å². The highest BCUT2D eigenvalue weighted by atomic mass is 16.5. The van der Waals surface area contributed by atoms with E-state index in [2.05, 4.69) is 4.98 Å². The van der Waals surface area contributed by atoms with E-state index in [4.69, 9.17) is 9.47 Å². The summed E-state index contributed by atoms with van der Waals surface area (Å²) in [5.41, 5.74) is 1.98. The van der Waals surface area contributed by atoms with Gasteiger partial charge in [-0.05, 0) is 20.3 Å². The lowest BCUT2D eigenvalue weighted by molar-refractivity contribution is -0.0340. The van der Waals surface area contributed by atoms with Gasteiger partial charge in [-0.1, -0.05) is 6.92 Å². The van der Waals surface area contributed by atoms with E-state index in [1.165, 1.54) is 0 Å². The maximum Gasteiger partial charge on any atom is 0.128 e. The summed E-state index contributed by atoms with van der Waals surface area (Å²) in [5, 5.41) is 10.4. The summed E-state index contributed by atoms with van der Waals surface area (Å²) in [6, 6.07) is 0. The second kappa shape index (κ2) is 6.16. The van der Waals surface area contributed by atoms with E-state index in [0.717, 1.165) is 22.6 Å². The van der Waals surface area contributed by atoms with E-state index in [1.807, 2.05) is 20.8 Å². The molecule has 102 valence electrons. The van der Waals surface area contributed by atoms with Gasteiger partial charge in [-0.15, -0.1) is 0 Å². The molecule has 0 spiro atoms. The average Bonchev–Trinajstić information content (AvgIpc) is 2.34. The summed E-state index contributed by atoms with van der Waals surface area (Å²) in [6.07, 6.45) is 2.88. The zero-order chi connectivity index (χ0) is 13.8. The molecule has 0 aliphatic rings. The van der Waals surface area contributed by atoms with Crippen molar-refractivity contribution in [3.63, 3.8) is 0 Å². The van der Waals surface area contributed by atoms with Gasteiger partial charge in [0.1, 0.15) is 5.75 Å². The Morgan fingerprint density at radius 2 is 2.00 bits per heavy atom. The van der Waals surface area contributed by atoms with Crippen LogP contribution < -0.4 is 4.74 Å². The molecule has 0 aromatic carbocycles. The normalized spacial score (nSPS) is 14.3. The second-order valence-corrected chi connectivity index (χ2v) is 4.73. The molecule has 18 heavy (non-hydrogen) atoms. The molecule has 4 heteroatoms. The predicted octanol–water partition coefficient (Wildman–Crippen LogP) is 2.04. The molecule has 4 nitrogen and oxygen atoms in total. The Kier molecular flexibility index (Phi) is 5.11. The number of rotatable bonds is 6. The highest BCUT2D eigenvalue weighted by molar-refractivity contribution is 5.41. The molecule has 1 unspecified atom stereocenters. The molecule has 1 N–H and O–H groups in total. The molecule has 0 radical (unpaired) electrons. The van der Waals surface area contributed by atoms with Crippen molar-refractivity contribution in [3.8, 4) is 5.75 Å². The number of methoxy groups -OCH3 is 2. The van der Waals surface area contributed by atoms with Gasteiger partial charge in [-0.3, -0.25) is 4.98 Å². The summed E-state index contributed by atoms with van der Waals surface area (Å²) < 4.78 is 10.5. The van der Waals surface area contributed by atoms with Crippen molar-refractivity contribution in [2.75, 3.05) is 20.8 Å². The SMILES string of the molecule is CCC(O)(COC)Cc1ncc(C)c(OC)c1C. The fraction of sp³-hybridized carbons (Fsp3) is 0.643. The first-order valence-corrected chi connectivity index (χ1v) is 6.17. The van der Waals surface area contributed by atoms with Gasteiger partial charge in [-0.25, -0.2) is 0 Å². The van der Waals surface area contributed by atoms with Crippen molar-refractivity contribution in [1.82, 2.24) is 4.98 Å². The van der Waals surface area contributed by atoms with Crippen LogP contribution in [0.2, 0.25) is 0 Å². The van der Waals surface area contributed by atoms with Gasteiger partial charge in [0.05, 0.1) is 19.3 Å². The molecule has 0 aliphatic carbocycles. The number of aryl methyl sites for hydroxylation is 1. The zero-order valence-corrected chi connectivity index (χ0v) is 11.9. The number of ether oxygens (including phenoxy) is 2. The topological polar surface area (TPSA) is 51.6 Å².